The van der Waals surface area contributed by atoms with Gasteiger partial charge in [-0.2, -0.15) is 0 Å². The van der Waals surface area contributed by atoms with E-state index < -0.39 is 0 Å². The standard InChI is InChI=1S/C18H25ClN4OS/c1-11(2)5-4-6-12(3)21-18(20)25-10-16-22-15-9-13(19)7-8-14(15)17(24)23-16/h7-9,11-12H,4-6,10H2,1-3H3,(H2,20,21)(H,22,23,24)/t12-/m0/s1. The van der Waals surface area contributed by atoms with Crippen molar-refractivity contribution in [1.29, 1.82) is 0 Å². The quantitative estimate of drug-likeness (QED) is 0.552. The van der Waals surface area contributed by atoms with E-state index in [0.717, 1.165) is 12.8 Å². The molecule has 0 aliphatic carbocycles. The SMILES string of the molecule is CC(C)CCC[C@H](C)N=C(N)SCc1nc2cc(Cl)ccc2c(=O)[nH]1. The van der Waals surface area contributed by atoms with Crippen LogP contribution in [-0.4, -0.2) is 21.2 Å². The average Bonchev–Trinajstić information content (AvgIpc) is 2.52. The zero-order valence-electron chi connectivity index (χ0n) is 14.9. The highest BCUT2D eigenvalue weighted by Gasteiger charge is 2.07. The second kappa shape index (κ2) is 9.25. The molecular weight excluding hydrogens is 356 g/mol. The third-order valence-corrected chi connectivity index (χ3v) is 4.88. The Hall–Kier alpha value is -1.53. The number of benzene rings is 1. The first-order valence-electron chi connectivity index (χ1n) is 8.49. The maximum Gasteiger partial charge on any atom is 0.258 e. The minimum Gasteiger partial charge on any atom is -0.379 e. The molecule has 0 aliphatic rings. The van der Waals surface area contributed by atoms with Gasteiger partial charge >= 0.3 is 0 Å². The Morgan fingerprint density at radius 2 is 2.12 bits per heavy atom. The summed E-state index contributed by atoms with van der Waals surface area (Å²) in [5.74, 6) is 1.74. The summed E-state index contributed by atoms with van der Waals surface area (Å²) in [4.78, 5) is 23.8. The minimum absolute atomic E-state index is 0.171. The molecular formula is C18H25ClN4OS. The molecule has 0 saturated heterocycles. The van der Waals surface area contributed by atoms with E-state index in [0.29, 0.717) is 38.6 Å². The molecule has 0 spiro atoms. The molecule has 1 aromatic carbocycles. The molecule has 0 fully saturated rings. The van der Waals surface area contributed by atoms with Crippen molar-refractivity contribution >= 4 is 39.4 Å². The summed E-state index contributed by atoms with van der Waals surface area (Å²) in [5, 5.41) is 1.60. The minimum atomic E-state index is -0.171. The van der Waals surface area contributed by atoms with Gasteiger partial charge in [0.2, 0.25) is 0 Å². The Kier molecular flexibility index (Phi) is 7.32. The van der Waals surface area contributed by atoms with Gasteiger partial charge in [0.15, 0.2) is 5.17 Å². The summed E-state index contributed by atoms with van der Waals surface area (Å²) >= 11 is 7.35. The molecule has 0 amide bonds. The molecule has 0 aliphatic heterocycles. The number of aromatic nitrogens is 2. The van der Waals surface area contributed by atoms with E-state index >= 15 is 0 Å². The van der Waals surface area contributed by atoms with Gasteiger partial charge in [-0.15, -0.1) is 0 Å². The van der Waals surface area contributed by atoms with Crippen LogP contribution in [0.1, 0.15) is 45.9 Å². The second-order valence-electron chi connectivity index (χ2n) is 6.60. The van der Waals surface area contributed by atoms with Crippen LogP contribution in [0.25, 0.3) is 10.9 Å². The van der Waals surface area contributed by atoms with Gasteiger partial charge in [0.1, 0.15) is 5.82 Å². The van der Waals surface area contributed by atoms with Crippen LogP contribution in [0.15, 0.2) is 28.0 Å². The van der Waals surface area contributed by atoms with E-state index in [1.165, 1.54) is 18.2 Å². The van der Waals surface area contributed by atoms with Gasteiger partial charge in [0.05, 0.1) is 16.7 Å². The Morgan fingerprint density at radius 1 is 1.36 bits per heavy atom. The van der Waals surface area contributed by atoms with Gasteiger partial charge < -0.3 is 10.7 Å². The predicted octanol–water partition coefficient (Wildman–Crippen LogP) is 4.34. The van der Waals surface area contributed by atoms with Crippen LogP contribution in [0.5, 0.6) is 0 Å². The lowest BCUT2D eigenvalue weighted by Gasteiger charge is -2.09. The third-order valence-electron chi connectivity index (χ3n) is 3.83. The van der Waals surface area contributed by atoms with Crippen molar-refractivity contribution in [2.75, 3.05) is 0 Å². The van der Waals surface area contributed by atoms with Crippen molar-refractivity contribution in [3.63, 3.8) is 0 Å². The van der Waals surface area contributed by atoms with Crippen LogP contribution < -0.4 is 11.3 Å². The summed E-state index contributed by atoms with van der Waals surface area (Å²) in [6.45, 7) is 6.53. The van der Waals surface area contributed by atoms with E-state index in [4.69, 9.17) is 17.3 Å². The number of nitrogens with zero attached hydrogens (tertiary/aromatic N) is 2. The Balaban J connectivity index is 1.97. The van der Waals surface area contributed by atoms with E-state index in [1.54, 1.807) is 18.2 Å². The van der Waals surface area contributed by atoms with Crippen LogP contribution in [0, 0.1) is 5.92 Å². The molecule has 0 radical (unpaired) electrons. The summed E-state index contributed by atoms with van der Waals surface area (Å²) in [5.41, 5.74) is 6.42. The van der Waals surface area contributed by atoms with Gasteiger partial charge in [0, 0.05) is 11.1 Å². The van der Waals surface area contributed by atoms with Crippen LogP contribution in [0.4, 0.5) is 0 Å². The van der Waals surface area contributed by atoms with Gasteiger partial charge in [0.25, 0.3) is 5.56 Å². The Labute approximate surface area is 157 Å². The molecule has 3 N–H and O–H groups in total. The highest BCUT2D eigenvalue weighted by Crippen LogP contribution is 2.17. The highest BCUT2D eigenvalue weighted by molar-refractivity contribution is 8.13. The number of thioether (sulfide) groups is 1. The average molecular weight is 381 g/mol. The number of fused-ring (bicyclic) bond motifs is 1. The van der Waals surface area contributed by atoms with Crippen LogP contribution in [-0.2, 0) is 5.75 Å². The number of hydrogen-bond donors (Lipinski definition) is 2. The normalized spacial score (nSPS) is 13.6. The molecule has 1 heterocycles. The van der Waals surface area contributed by atoms with Crippen molar-refractivity contribution in [3.8, 4) is 0 Å². The van der Waals surface area contributed by atoms with E-state index in [2.05, 4.69) is 35.7 Å². The number of rotatable bonds is 7. The van der Waals surface area contributed by atoms with Crippen molar-refractivity contribution in [2.45, 2.75) is 51.8 Å². The lowest BCUT2D eigenvalue weighted by atomic mass is 10.0. The van der Waals surface area contributed by atoms with Crippen molar-refractivity contribution in [2.24, 2.45) is 16.6 Å². The Bertz CT molecular complexity index is 803. The molecule has 0 saturated carbocycles. The number of halogens is 1. The number of aromatic amines is 1. The summed E-state index contributed by atoms with van der Waals surface area (Å²) < 4.78 is 0. The van der Waals surface area contributed by atoms with E-state index in [-0.39, 0.29) is 11.6 Å². The number of nitrogens with two attached hydrogens (primary N) is 1. The van der Waals surface area contributed by atoms with Crippen LogP contribution >= 0.6 is 23.4 Å². The largest absolute Gasteiger partial charge is 0.379 e. The fourth-order valence-corrected chi connectivity index (χ4v) is 3.35. The molecule has 0 unspecified atom stereocenters. The van der Waals surface area contributed by atoms with E-state index in [9.17, 15) is 4.79 Å². The zero-order valence-corrected chi connectivity index (χ0v) is 16.5. The number of H-pyrrole nitrogens is 1. The van der Waals surface area contributed by atoms with Gasteiger partial charge in [-0.25, -0.2) is 4.98 Å². The maximum absolute atomic E-state index is 12.1. The maximum atomic E-state index is 12.1. The molecule has 136 valence electrons. The molecule has 2 aromatic rings. The van der Waals surface area contributed by atoms with E-state index in [1.807, 2.05) is 0 Å². The Morgan fingerprint density at radius 3 is 2.84 bits per heavy atom. The van der Waals surface area contributed by atoms with Crippen molar-refractivity contribution in [3.05, 3.63) is 39.4 Å². The first-order chi connectivity index (χ1) is 11.8. The molecule has 1 atom stereocenters. The number of amidine groups is 1. The molecule has 25 heavy (non-hydrogen) atoms. The number of hydrogen-bond acceptors (Lipinski definition) is 4. The monoisotopic (exact) mass is 380 g/mol. The lowest BCUT2D eigenvalue weighted by molar-refractivity contribution is 0.512. The fraction of sp³-hybridized carbons (Fsp3) is 0.500. The highest BCUT2D eigenvalue weighted by atomic mass is 35.5. The molecule has 7 heteroatoms. The van der Waals surface area contributed by atoms with Gasteiger partial charge in [-0.3, -0.25) is 9.79 Å². The smallest absolute Gasteiger partial charge is 0.258 e. The number of nitrogens with one attached hydrogen (secondary N) is 1. The van der Waals surface area contributed by atoms with Crippen LogP contribution in [0.2, 0.25) is 5.02 Å². The van der Waals surface area contributed by atoms with Crippen LogP contribution in [0.3, 0.4) is 0 Å². The predicted molar refractivity (Wildman–Crippen MR) is 108 cm³/mol. The first-order valence-corrected chi connectivity index (χ1v) is 9.86. The zero-order chi connectivity index (χ0) is 18.4. The van der Waals surface area contributed by atoms with Crippen molar-refractivity contribution in [1.82, 2.24) is 9.97 Å². The third kappa shape index (κ3) is 6.36. The fourth-order valence-electron chi connectivity index (χ4n) is 2.51. The summed E-state index contributed by atoms with van der Waals surface area (Å²) in [7, 11) is 0. The van der Waals surface area contributed by atoms with Crippen molar-refractivity contribution < 1.29 is 0 Å². The molecule has 2 rings (SSSR count). The van der Waals surface area contributed by atoms with Gasteiger partial charge in [-0.05, 0) is 37.5 Å². The lowest BCUT2D eigenvalue weighted by Crippen LogP contribution is -2.14. The topological polar surface area (TPSA) is 84.1 Å². The second-order valence-corrected chi connectivity index (χ2v) is 8.04. The molecule has 0 bridgehead atoms. The van der Waals surface area contributed by atoms with Gasteiger partial charge in [-0.1, -0.05) is 50.1 Å². The first kappa shape index (κ1) is 19.8. The summed E-state index contributed by atoms with van der Waals surface area (Å²) in [6.07, 6.45) is 3.39. The number of aliphatic imine (C=N–C) groups is 1. The molecule has 5 nitrogen and oxygen atoms in total. The molecule has 1 aromatic heterocycles. The summed E-state index contributed by atoms with van der Waals surface area (Å²) in [6, 6.07) is 5.25.